The summed E-state index contributed by atoms with van der Waals surface area (Å²) in [5.41, 5.74) is -3.34. The molecular weight excluding hydrogens is 495 g/mol. The summed E-state index contributed by atoms with van der Waals surface area (Å²) in [5, 5.41) is 15.6. The molecule has 0 spiro atoms. The Bertz CT molecular complexity index is 1320. The summed E-state index contributed by atoms with van der Waals surface area (Å²) < 4.78 is 40.8. The number of hydrogen-bond donors (Lipinski definition) is 3. The first-order valence-corrected chi connectivity index (χ1v) is 11.7. The van der Waals surface area contributed by atoms with Crippen molar-refractivity contribution in [2.75, 3.05) is 14.1 Å². The maximum absolute atomic E-state index is 13.6. The highest BCUT2D eigenvalue weighted by atomic mass is 19.3. The van der Waals surface area contributed by atoms with E-state index in [0.29, 0.717) is 25.7 Å². The number of aromatic hydroxyl groups is 1. The number of nitrogens with zero attached hydrogens (tertiary/aromatic N) is 3. The lowest BCUT2D eigenvalue weighted by Crippen LogP contribution is -2.53. The second-order valence-electron chi connectivity index (χ2n) is 9.57. The van der Waals surface area contributed by atoms with Gasteiger partial charge in [-0.05, 0) is 49.3 Å². The SMILES string of the molecule is CN(C)C(=O)C(=O)NC12CCC(CC1)Cn1c2nc(C(=O)NCc2ccc(F)c(C(F)F)c2)c(O)c1=O. The molecule has 1 fully saturated rings. The van der Waals surface area contributed by atoms with Crippen LogP contribution in [0.3, 0.4) is 0 Å². The van der Waals surface area contributed by atoms with E-state index in [4.69, 9.17) is 0 Å². The molecule has 198 valence electrons. The van der Waals surface area contributed by atoms with Gasteiger partial charge in [-0.15, -0.1) is 0 Å². The van der Waals surface area contributed by atoms with Gasteiger partial charge in [-0.1, -0.05) is 6.07 Å². The summed E-state index contributed by atoms with van der Waals surface area (Å²) in [6, 6.07) is 2.97. The lowest BCUT2D eigenvalue weighted by molar-refractivity contribution is -0.145. The van der Waals surface area contributed by atoms with Crippen LogP contribution < -0.4 is 16.2 Å². The molecule has 2 bridgehead atoms. The number of carbonyl (C=O) groups is 3. The van der Waals surface area contributed by atoms with E-state index >= 15 is 0 Å². The largest absolute Gasteiger partial charge is 0.501 e. The zero-order valence-corrected chi connectivity index (χ0v) is 20.2. The molecular formula is C24H26F3N5O5. The highest BCUT2D eigenvalue weighted by Crippen LogP contribution is 2.43. The zero-order chi connectivity index (χ0) is 27.1. The van der Waals surface area contributed by atoms with E-state index in [1.54, 1.807) is 0 Å². The molecule has 5 rings (SSSR count). The monoisotopic (exact) mass is 521 g/mol. The first-order valence-electron chi connectivity index (χ1n) is 11.7. The van der Waals surface area contributed by atoms with Gasteiger partial charge < -0.3 is 20.6 Å². The molecule has 0 radical (unpaired) electrons. The molecule has 3 amide bonds. The van der Waals surface area contributed by atoms with Gasteiger partial charge in [0, 0.05) is 27.2 Å². The smallest absolute Gasteiger partial charge is 0.311 e. The Morgan fingerprint density at radius 3 is 2.54 bits per heavy atom. The molecule has 3 heterocycles. The standard InChI is InChI=1S/C24H26F3N5O5/c1-31(2)22(37)20(35)30-24-7-5-12(6-8-24)11-32-21(36)17(33)16(29-23(24)32)19(34)28-10-13-3-4-15(25)14(9-13)18(26)27/h3-4,9,12,18,33H,5-8,10-11H2,1-2H3,(H,28,34)(H,30,35). The number of amides is 3. The van der Waals surface area contributed by atoms with Gasteiger partial charge in [-0.3, -0.25) is 23.7 Å². The van der Waals surface area contributed by atoms with Crippen LogP contribution in [0, 0.1) is 11.7 Å². The van der Waals surface area contributed by atoms with Gasteiger partial charge in [-0.25, -0.2) is 18.2 Å². The van der Waals surface area contributed by atoms with Crippen molar-refractivity contribution in [3.63, 3.8) is 0 Å². The molecule has 0 saturated heterocycles. The summed E-state index contributed by atoms with van der Waals surface area (Å²) in [6.45, 7) is -0.0818. The van der Waals surface area contributed by atoms with Crippen molar-refractivity contribution >= 4 is 17.7 Å². The number of halogens is 3. The first kappa shape index (κ1) is 26.2. The minimum absolute atomic E-state index is 0.0575. The lowest BCUT2D eigenvalue weighted by atomic mass is 9.77. The topological polar surface area (TPSA) is 134 Å². The fourth-order valence-corrected chi connectivity index (χ4v) is 4.86. The summed E-state index contributed by atoms with van der Waals surface area (Å²) in [6.07, 6.45) is -1.06. The maximum atomic E-state index is 13.6. The molecule has 10 nitrogen and oxygen atoms in total. The third kappa shape index (κ3) is 4.89. The molecule has 2 aromatic rings. The molecule has 0 unspecified atom stereocenters. The van der Waals surface area contributed by atoms with Gasteiger partial charge in [0.1, 0.15) is 11.6 Å². The van der Waals surface area contributed by atoms with Crippen LogP contribution in [-0.4, -0.2) is 51.4 Å². The summed E-state index contributed by atoms with van der Waals surface area (Å²) >= 11 is 0. The van der Waals surface area contributed by atoms with Crippen LogP contribution in [0.4, 0.5) is 13.2 Å². The molecule has 2 aliphatic heterocycles. The number of carbonyl (C=O) groups excluding carboxylic acids is 3. The highest BCUT2D eigenvalue weighted by Gasteiger charge is 2.46. The number of hydrogen-bond acceptors (Lipinski definition) is 6. The van der Waals surface area contributed by atoms with Gasteiger partial charge >= 0.3 is 11.8 Å². The summed E-state index contributed by atoms with van der Waals surface area (Å²) in [7, 11) is 2.85. The molecule has 1 aromatic carbocycles. The maximum Gasteiger partial charge on any atom is 0.311 e. The van der Waals surface area contributed by atoms with Crippen LogP contribution in [-0.2, 0) is 28.2 Å². The minimum Gasteiger partial charge on any atom is -0.501 e. The minimum atomic E-state index is -3.05. The van der Waals surface area contributed by atoms with Crippen molar-refractivity contribution in [1.82, 2.24) is 25.1 Å². The van der Waals surface area contributed by atoms with Crippen LogP contribution in [0.1, 0.15) is 59.5 Å². The zero-order valence-electron chi connectivity index (χ0n) is 20.2. The molecule has 3 N–H and O–H groups in total. The fraction of sp³-hybridized carbons (Fsp3) is 0.458. The second kappa shape index (κ2) is 9.87. The molecule has 1 aliphatic carbocycles. The Morgan fingerprint density at radius 1 is 1.24 bits per heavy atom. The average Bonchev–Trinajstić information content (AvgIpc) is 3.10. The first-order chi connectivity index (χ1) is 17.4. The molecule has 0 atom stereocenters. The Hall–Kier alpha value is -3.90. The number of nitrogens with one attached hydrogen (secondary N) is 2. The molecule has 1 saturated carbocycles. The van der Waals surface area contributed by atoms with Gasteiger partial charge in [0.2, 0.25) is 5.75 Å². The molecule has 37 heavy (non-hydrogen) atoms. The Kier molecular flexibility index (Phi) is 6.98. The van der Waals surface area contributed by atoms with Gasteiger partial charge in [0.25, 0.3) is 17.9 Å². The number of fused-ring (bicyclic) bond motifs is 2. The lowest BCUT2D eigenvalue weighted by Gasteiger charge is -2.37. The number of benzene rings is 1. The quantitative estimate of drug-likeness (QED) is 0.512. The van der Waals surface area contributed by atoms with E-state index in [-0.39, 0.29) is 30.4 Å². The summed E-state index contributed by atoms with van der Waals surface area (Å²) in [4.78, 5) is 56.3. The van der Waals surface area contributed by atoms with Crippen molar-refractivity contribution in [1.29, 1.82) is 0 Å². The third-order valence-electron chi connectivity index (χ3n) is 6.89. The van der Waals surface area contributed by atoms with Crippen LogP contribution in [0.25, 0.3) is 0 Å². The van der Waals surface area contributed by atoms with E-state index in [1.807, 2.05) is 0 Å². The summed E-state index contributed by atoms with van der Waals surface area (Å²) in [5.74, 6) is -4.51. The van der Waals surface area contributed by atoms with Gasteiger partial charge in [-0.2, -0.15) is 0 Å². The fourth-order valence-electron chi connectivity index (χ4n) is 4.86. The second-order valence-corrected chi connectivity index (χ2v) is 9.57. The van der Waals surface area contributed by atoms with E-state index in [0.717, 1.165) is 17.0 Å². The molecule has 3 aliphatic rings. The number of likely N-dealkylation sites (N-methyl/N-ethyl adjacent to an activating group) is 1. The Morgan fingerprint density at radius 2 is 1.92 bits per heavy atom. The van der Waals surface area contributed by atoms with Crippen molar-refractivity contribution in [2.45, 2.75) is 50.7 Å². The average molecular weight is 521 g/mol. The van der Waals surface area contributed by atoms with Crippen molar-refractivity contribution in [2.24, 2.45) is 5.92 Å². The number of aromatic nitrogens is 2. The van der Waals surface area contributed by atoms with Crippen molar-refractivity contribution in [3.8, 4) is 5.75 Å². The van der Waals surface area contributed by atoms with Crippen molar-refractivity contribution in [3.05, 3.63) is 57.0 Å². The predicted molar refractivity (Wildman–Crippen MR) is 123 cm³/mol. The Labute approximate surface area is 209 Å². The third-order valence-corrected chi connectivity index (χ3v) is 6.89. The predicted octanol–water partition coefficient (Wildman–Crippen LogP) is 1.56. The van der Waals surface area contributed by atoms with Gasteiger partial charge in [0.05, 0.1) is 11.1 Å². The highest BCUT2D eigenvalue weighted by molar-refractivity contribution is 6.35. The number of rotatable bonds is 5. The van der Waals surface area contributed by atoms with E-state index in [2.05, 4.69) is 15.6 Å². The van der Waals surface area contributed by atoms with Gasteiger partial charge in [0.15, 0.2) is 5.69 Å². The Balaban J connectivity index is 1.68. The van der Waals surface area contributed by atoms with Crippen LogP contribution in [0.5, 0.6) is 5.75 Å². The van der Waals surface area contributed by atoms with Crippen LogP contribution in [0.15, 0.2) is 23.0 Å². The van der Waals surface area contributed by atoms with E-state index in [1.165, 1.54) is 24.7 Å². The molecule has 13 heteroatoms. The van der Waals surface area contributed by atoms with E-state index in [9.17, 15) is 37.5 Å². The van der Waals surface area contributed by atoms with E-state index < -0.39 is 58.1 Å². The van der Waals surface area contributed by atoms with Crippen LogP contribution >= 0.6 is 0 Å². The van der Waals surface area contributed by atoms with Crippen molar-refractivity contribution < 1.29 is 32.7 Å². The normalized spacial score (nSPS) is 20.2. The van der Waals surface area contributed by atoms with Crippen LogP contribution in [0.2, 0.25) is 0 Å². The molecule has 1 aromatic heterocycles. The number of alkyl halides is 2.